The number of anilines is 1. The molecule has 0 radical (unpaired) electrons. The lowest BCUT2D eigenvalue weighted by atomic mass is 10.2. The van der Waals surface area contributed by atoms with Crippen LogP contribution in [0.25, 0.3) is 0 Å². The number of rotatable bonds is 4. The van der Waals surface area contributed by atoms with Crippen molar-refractivity contribution >= 4 is 23.3 Å². The number of hydrogen-bond acceptors (Lipinski definition) is 7. The fraction of sp³-hybridized carbons (Fsp3) is 0.308. The summed E-state index contributed by atoms with van der Waals surface area (Å²) in [6.07, 6.45) is 2.71. The van der Waals surface area contributed by atoms with E-state index in [0.29, 0.717) is 0 Å². The summed E-state index contributed by atoms with van der Waals surface area (Å²) in [4.78, 5) is 11.4. The second-order valence-corrected chi connectivity index (χ2v) is 4.63. The molecule has 1 aromatic rings. The minimum absolute atomic E-state index is 0.0302. The van der Waals surface area contributed by atoms with Crippen LogP contribution in [0.4, 0.5) is 10.1 Å². The number of ether oxygens (including phenoxy) is 2. The molecule has 2 unspecified atom stereocenters. The molecule has 1 fully saturated rings. The standard InChI is InChI=1S/C13H13ClFN3O4/c1-3-4-22-10-6-9(8(15)5-7(10)14)18-13(20)16-11(17-18)12(19)21-2/h1,5-6,11,13,16-17,20H,4H2,2H3. The third-order valence-corrected chi connectivity index (χ3v) is 3.13. The summed E-state index contributed by atoms with van der Waals surface area (Å²) in [6.45, 7) is -0.0518. The SMILES string of the molecule is C#CCOc1cc(N2NC(C(=O)OC)NC2O)c(F)cc1Cl. The molecule has 0 aliphatic carbocycles. The fourth-order valence-corrected chi connectivity index (χ4v) is 2.05. The number of carbonyl (C=O) groups excluding carboxylic acids is 1. The number of hydrogen-bond donors (Lipinski definition) is 3. The van der Waals surface area contributed by atoms with E-state index in [4.69, 9.17) is 22.8 Å². The van der Waals surface area contributed by atoms with Crippen molar-refractivity contribution in [3.05, 3.63) is 23.0 Å². The molecular weight excluding hydrogens is 317 g/mol. The van der Waals surface area contributed by atoms with Crippen LogP contribution in [-0.2, 0) is 9.53 Å². The molecule has 1 saturated heterocycles. The first kappa shape index (κ1) is 16.3. The first-order valence-electron chi connectivity index (χ1n) is 6.10. The Balaban J connectivity index is 2.28. The molecule has 1 heterocycles. The molecule has 22 heavy (non-hydrogen) atoms. The average Bonchev–Trinajstić information content (AvgIpc) is 2.87. The Bertz CT molecular complexity index is 622. The molecule has 0 bridgehead atoms. The fourth-order valence-electron chi connectivity index (χ4n) is 1.84. The van der Waals surface area contributed by atoms with Gasteiger partial charge in [-0.1, -0.05) is 17.5 Å². The molecule has 0 amide bonds. The van der Waals surface area contributed by atoms with E-state index < -0.39 is 24.3 Å². The van der Waals surface area contributed by atoms with Gasteiger partial charge in [-0.25, -0.2) is 19.9 Å². The van der Waals surface area contributed by atoms with Crippen molar-refractivity contribution in [2.24, 2.45) is 0 Å². The Morgan fingerprint density at radius 3 is 3.00 bits per heavy atom. The van der Waals surface area contributed by atoms with Crippen LogP contribution in [0.15, 0.2) is 12.1 Å². The minimum atomic E-state index is -1.36. The first-order valence-corrected chi connectivity index (χ1v) is 6.48. The smallest absolute Gasteiger partial charge is 0.339 e. The van der Waals surface area contributed by atoms with Crippen molar-refractivity contribution in [1.82, 2.24) is 10.7 Å². The van der Waals surface area contributed by atoms with Crippen molar-refractivity contribution in [1.29, 1.82) is 0 Å². The molecule has 1 aromatic carbocycles. The highest BCUT2D eigenvalue weighted by molar-refractivity contribution is 6.32. The topological polar surface area (TPSA) is 83.1 Å². The van der Waals surface area contributed by atoms with Crippen LogP contribution in [0.3, 0.4) is 0 Å². The van der Waals surface area contributed by atoms with Crippen molar-refractivity contribution in [2.75, 3.05) is 18.7 Å². The van der Waals surface area contributed by atoms with E-state index in [1.54, 1.807) is 0 Å². The lowest BCUT2D eigenvalue weighted by molar-refractivity contribution is -0.143. The number of nitrogens with one attached hydrogen (secondary N) is 2. The molecule has 118 valence electrons. The van der Waals surface area contributed by atoms with E-state index in [2.05, 4.69) is 21.4 Å². The van der Waals surface area contributed by atoms with Gasteiger partial charge in [-0.2, -0.15) is 0 Å². The second-order valence-electron chi connectivity index (χ2n) is 4.22. The largest absolute Gasteiger partial charge is 0.479 e. The number of halogens is 2. The Labute approximate surface area is 130 Å². The molecule has 0 aromatic heterocycles. The second kappa shape index (κ2) is 6.81. The molecule has 2 rings (SSSR count). The summed E-state index contributed by atoms with van der Waals surface area (Å²) < 4.78 is 23.8. The van der Waals surface area contributed by atoms with E-state index in [1.807, 2.05) is 0 Å². The zero-order valence-corrected chi connectivity index (χ0v) is 12.2. The number of aliphatic hydroxyl groups is 1. The van der Waals surface area contributed by atoms with Gasteiger partial charge >= 0.3 is 5.97 Å². The molecule has 1 aliphatic rings. The lowest BCUT2D eigenvalue weighted by Gasteiger charge is -2.22. The molecule has 3 N–H and O–H groups in total. The van der Waals surface area contributed by atoms with Crippen molar-refractivity contribution in [3.8, 4) is 18.1 Å². The van der Waals surface area contributed by atoms with Gasteiger partial charge in [-0.3, -0.25) is 5.01 Å². The number of nitrogens with zero attached hydrogens (tertiary/aromatic N) is 1. The van der Waals surface area contributed by atoms with E-state index >= 15 is 0 Å². The average molecular weight is 330 g/mol. The number of esters is 1. The van der Waals surface area contributed by atoms with E-state index in [9.17, 15) is 14.3 Å². The van der Waals surface area contributed by atoms with Gasteiger partial charge in [0, 0.05) is 6.07 Å². The van der Waals surface area contributed by atoms with Crippen LogP contribution in [-0.4, -0.2) is 37.3 Å². The van der Waals surface area contributed by atoms with Gasteiger partial charge in [-0.05, 0) is 6.07 Å². The monoisotopic (exact) mass is 329 g/mol. The van der Waals surface area contributed by atoms with E-state index in [0.717, 1.165) is 11.1 Å². The molecule has 0 saturated carbocycles. The van der Waals surface area contributed by atoms with Gasteiger partial charge in [-0.15, -0.1) is 6.42 Å². The van der Waals surface area contributed by atoms with E-state index in [1.165, 1.54) is 13.2 Å². The first-order chi connectivity index (χ1) is 10.5. The molecular formula is C13H13ClFN3O4. The minimum Gasteiger partial charge on any atom is -0.479 e. The van der Waals surface area contributed by atoms with Gasteiger partial charge in [0.1, 0.15) is 18.2 Å². The number of aliphatic hydroxyl groups excluding tert-OH is 1. The molecule has 1 aliphatic heterocycles. The molecule has 0 spiro atoms. The number of carbonyl (C=O) groups is 1. The quantitative estimate of drug-likeness (QED) is 0.537. The maximum atomic E-state index is 14.1. The normalized spacial score (nSPS) is 20.6. The van der Waals surface area contributed by atoms with Gasteiger partial charge in [0.15, 0.2) is 12.5 Å². The predicted molar refractivity (Wildman–Crippen MR) is 76.3 cm³/mol. The van der Waals surface area contributed by atoms with Crippen LogP contribution in [0.5, 0.6) is 5.75 Å². The third-order valence-electron chi connectivity index (χ3n) is 2.84. The zero-order valence-electron chi connectivity index (χ0n) is 11.5. The lowest BCUT2D eigenvalue weighted by Crippen LogP contribution is -2.43. The maximum Gasteiger partial charge on any atom is 0.339 e. The Kier molecular flexibility index (Phi) is 5.05. The summed E-state index contributed by atoms with van der Waals surface area (Å²) in [5.41, 5.74) is 2.49. The summed E-state index contributed by atoms with van der Waals surface area (Å²) in [5, 5.41) is 13.4. The maximum absolute atomic E-state index is 14.1. The number of terminal acetylenes is 1. The number of hydrazine groups is 1. The Morgan fingerprint density at radius 2 is 2.36 bits per heavy atom. The summed E-state index contributed by atoms with van der Waals surface area (Å²) in [7, 11) is 1.19. The van der Waals surface area contributed by atoms with Crippen LogP contribution in [0.2, 0.25) is 5.02 Å². The van der Waals surface area contributed by atoms with Crippen molar-refractivity contribution < 1.29 is 23.8 Å². The van der Waals surface area contributed by atoms with Crippen LogP contribution >= 0.6 is 11.6 Å². The van der Waals surface area contributed by atoms with Crippen molar-refractivity contribution in [3.63, 3.8) is 0 Å². The predicted octanol–water partition coefficient (Wildman–Crippen LogP) is 0.180. The highest BCUT2D eigenvalue weighted by Gasteiger charge is 2.36. The number of benzene rings is 1. The third kappa shape index (κ3) is 3.23. The summed E-state index contributed by atoms with van der Waals surface area (Å²) in [5.74, 6) is 1.01. The molecule has 7 nitrogen and oxygen atoms in total. The number of methoxy groups -OCH3 is 1. The highest BCUT2D eigenvalue weighted by Crippen LogP contribution is 2.33. The van der Waals surface area contributed by atoms with E-state index in [-0.39, 0.29) is 23.1 Å². The van der Waals surface area contributed by atoms with Gasteiger partial charge in [0.05, 0.1) is 17.8 Å². The Morgan fingerprint density at radius 1 is 1.64 bits per heavy atom. The van der Waals surface area contributed by atoms with Crippen LogP contribution in [0.1, 0.15) is 0 Å². The molecule has 9 heteroatoms. The van der Waals surface area contributed by atoms with Gasteiger partial charge in [0.25, 0.3) is 0 Å². The van der Waals surface area contributed by atoms with Crippen LogP contribution < -0.4 is 20.5 Å². The van der Waals surface area contributed by atoms with Crippen molar-refractivity contribution in [2.45, 2.75) is 12.5 Å². The highest BCUT2D eigenvalue weighted by atomic mass is 35.5. The zero-order chi connectivity index (χ0) is 16.3. The van der Waals surface area contributed by atoms with Gasteiger partial charge < -0.3 is 14.6 Å². The molecule has 2 atom stereocenters. The summed E-state index contributed by atoms with van der Waals surface area (Å²) in [6, 6.07) is 2.27. The summed E-state index contributed by atoms with van der Waals surface area (Å²) >= 11 is 5.86. The van der Waals surface area contributed by atoms with Crippen LogP contribution in [0, 0.1) is 18.2 Å². The van der Waals surface area contributed by atoms with Gasteiger partial charge in [0.2, 0.25) is 0 Å². The Hall–Kier alpha value is -2.05.